The molecule has 2 aromatic rings. The van der Waals surface area contributed by atoms with Crippen LogP contribution >= 0.6 is 12.2 Å². The highest BCUT2D eigenvalue weighted by molar-refractivity contribution is 7.80. The van der Waals surface area contributed by atoms with Crippen LogP contribution in [0, 0.1) is 10.1 Å². The molecule has 0 unspecified atom stereocenters. The van der Waals surface area contributed by atoms with Crippen molar-refractivity contribution in [2.45, 2.75) is 0 Å². The largest absolute Gasteiger partial charge is 0.497 e. The maximum atomic E-state index is 10.9. The number of rotatable bonds is 4. The third-order valence-corrected chi connectivity index (χ3v) is 3.02. The summed E-state index contributed by atoms with van der Waals surface area (Å²) in [6.45, 7) is 0. The molecule has 22 heavy (non-hydrogen) atoms. The van der Waals surface area contributed by atoms with Crippen LogP contribution in [-0.4, -0.2) is 17.1 Å². The molecule has 0 amide bonds. The van der Waals surface area contributed by atoms with Gasteiger partial charge in [-0.05, 0) is 36.5 Å². The Labute approximate surface area is 132 Å². The molecule has 0 aliphatic rings. The van der Waals surface area contributed by atoms with Gasteiger partial charge in [-0.15, -0.1) is 0 Å². The molecule has 0 saturated heterocycles. The average Bonchev–Trinajstić information content (AvgIpc) is 2.49. The van der Waals surface area contributed by atoms with Gasteiger partial charge in [-0.25, -0.2) is 0 Å². The van der Waals surface area contributed by atoms with Crippen molar-refractivity contribution in [3.8, 4) is 5.75 Å². The topological polar surface area (TPSA) is 102 Å². The fourth-order valence-corrected chi connectivity index (χ4v) is 2.01. The van der Waals surface area contributed by atoms with E-state index in [0.717, 1.165) is 5.69 Å². The Bertz CT molecular complexity index is 721. The Morgan fingerprint density at radius 1 is 1.23 bits per heavy atom. The lowest BCUT2D eigenvalue weighted by Crippen LogP contribution is -2.19. The number of nitro benzene ring substituents is 1. The third kappa shape index (κ3) is 3.83. The highest BCUT2D eigenvalue weighted by Gasteiger charge is 2.12. The van der Waals surface area contributed by atoms with E-state index in [1.807, 2.05) is 18.2 Å². The Kier molecular flexibility index (Phi) is 4.74. The molecule has 0 aliphatic carbocycles. The number of hydrogen-bond acceptors (Lipinski definition) is 5. The zero-order valence-corrected chi connectivity index (χ0v) is 12.5. The van der Waals surface area contributed by atoms with Crippen LogP contribution in [0.3, 0.4) is 0 Å². The second kappa shape index (κ2) is 6.72. The van der Waals surface area contributed by atoms with Crippen LogP contribution in [0.5, 0.6) is 5.75 Å². The molecule has 2 aromatic carbocycles. The van der Waals surface area contributed by atoms with E-state index in [1.165, 1.54) is 12.1 Å². The van der Waals surface area contributed by atoms with Gasteiger partial charge in [-0.1, -0.05) is 6.07 Å². The minimum absolute atomic E-state index is 0.0993. The van der Waals surface area contributed by atoms with Crippen molar-refractivity contribution in [3.05, 3.63) is 52.6 Å². The number of nitrogens with two attached hydrogens (primary N) is 1. The molecule has 4 N–H and O–H groups in total. The molecule has 0 saturated carbocycles. The van der Waals surface area contributed by atoms with E-state index in [0.29, 0.717) is 16.5 Å². The highest BCUT2D eigenvalue weighted by Crippen LogP contribution is 2.25. The number of nitrogens with zero attached hydrogens (tertiary/aromatic N) is 1. The molecule has 0 fully saturated rings. The van der Waals surface area contributed by atoms with Gasteiger partial charge in [0.15, 0.2) is 5.11 Å². The fraction of sp³-hybridized carbons (Fsp3) is 0.0714. The van der Waals surface area contributed by atoms with Gasteiger partial charge in [-0.3, -0.25) is 10.1 Å². The predicted molar refractivity (Wildman–Crippen MR) is 90.3 cm³/mol. The Morgan fingerprint density at radius 2 is 1.91 bits per heavy atom. The SMILES string of the molecule is COc1cccc(NC(=S)Nc2ccc(N)c([N+](=O)[O-])c2)c1. The van der Waals surface area contributed by atoms with E-state index in [-0.39, 0.29) is 11.4 Å². The fourth-order valence-electron chi connectivity index (χ4n) is 1.77. The molecule has 0 spiro atoms. The summed E-state index contributed by atoms with van der Waals surface area (Å²) < 4.78 is 5.12. The number of nitrogen functional groups attached to an aromatic ring is 1. The lowest BCUT2D eigenvalue weighted by atomic mass is 10.2. The number of nitro groups is 1. The first-order chi connectivity index (χ1) is 10.5. The van der Waals surface area contributed by atoms with Gasteiger partial charge in [0, 0.05) is 23.5 Å². The van der Waals surface area contributed by atoms with Crippen LogP contribution in [0.4, 0.5) is 22.7 Å². The predicted octanol–water partition coefficient (Wildman–Crippen LogP) is 2.99. The van der Waals surface area contributed by atoms with Crippen LogP contribution in [0.1, 0.15) is 0 Å². The number of ether oxygens (including phenoxy) is 1. The van der Waals surface area contributed by atoms with E-state index < -0.39 is 4.92 Å². The molecule has 2 rings (SSSR count). The lowest BCUT2D eigenvalue weighted by Gasteiger charge is -2.11. The molecule has 114 valence electrons. The number of methoxy groups -OCH3 is 1. The van der Waals surface area contributed by atoms with E-state index >= 15 is 0 Å². The lowest BCUT2D eigenvalue weighted by molar-refractivity contribution is -0.383. The van der Waals surface area contributed by atoms with E-state index in [2.05, 4.69) is 10.6 Å². The molecule has 0 radical (unpaired) electrons. The van der Waals surface area contributed by atoms with Crippen LogP contribution in [-0.2, 0) is 0 Å². The first-order valence-corrected chi connectivity index (χ1v) is 6.66. The second-order valence-electron chi connectivity index (χ2n) is 4.34. The summed E-state index contributed by atoms with van der Waals surface area (Å²) in [5.74, 6) is 0.691. The zero-order valence-electron chi connectivity index (χ0n) is 11.7. The molecule has 0 atom stereocenters. The summed E-state index contributed by atoms with van der Waals surface area (Å²) in [4.78, 5) is 10.3. The summed E-state index contributed by atoms with van der Waals surface area (Å²) in [5.41, 5.74) is 6.68. The van der Waals surface area contributed by atoms with Gasteiger partial charge >= 0.3 is 0 Å². The molecular formula is C14H14N4O3S. The maximum Gasteiger partial charge on any atom is 0.294 e. The van der Waals surface area contributed by atoms with Gasteiger partial charge < -0.3 is 21.1 Å². The van der Waals surface area contributed by atoms with Gasteiger partial charge in [-0.2, -0.15) is 0 Å². The van der Waals surface area contributed by atoms with Crippen molar-refractivity contribution in [2.75, 3.05) is 23.5 Å². The summed E-state index contributed by atoms with van der Waals surface area (Å²) >= 11 is 5.18. The second-order valence-corrected chi connectivity index (χ2v) is 4.75. The standard InChI is InChI=1S/C14H14N4O3S/c1-21-11-4-2-3-9(7-11)16-14(22)17-10-5-6-12(15)13(8-10)18(19)20/h2-8H,15H2,1H3,(H2,16,17,22). The van der Waals surface area contributed by atoms with Crippen molar-refractivity contribution < 1.29 is 9.66 Å². The first kappa shape index (κ1) is 15.5. The smallest absolute Gasteiger partial charge is 0.294 e. The molecular weight excluding hydrogens is 304 g/mol. The van der Waals surface area contributed by atoms with Gasteiger partial charge in [0.2, 0.25) is 0 Å². The molecule has 7 nitrogen and oxygen atoms in total. The van der Waals surface area contributed by atoms with Gasteiger partial charge in [0.25, 0.3) is 5.69 Å². The van der Waals surface area contributed by atoms with E-state index in [4.69, 9.17) is 22.7 Å². The summed E-state index contributed by atoms with van der Waals surface area (Å²) in [5, 5.41) is 17.0. The average molecular weight is 318 g/mol. The molecule has 0 aliphatic heterocycles. The number of nitrogens with one attached hydrogen (secondary N) is 2. The van der Waals surface area contributed by atoms with Crippen molar-refractivity contribution in [1.82, 2.24) is 0 Å². The van der Waals surface area contributed by atoms with Crippen molar-refractivity contribution in [3.63, 3.8) is 0 Å². The molecule has 0 heterocycles. The van der Waals surface area contributed by atoms with E-state index in [1.54, 1.807) is 19.2 Å². The Balaban J connectivity index is 2.08. The quantitative estimate of drug-likeness (QED) is 0.344. The number of benzene rings is 2. The number of hydrogen-bond donors (Lipinski definition) is 3. The number of thiocarbonyl (C=S) groups is 1. The highest BCUT2D eigenvalue weighted by atomic mass is 32.1. The Morgan fingerprint density at radius 3 is 2.55 bits per heavy atom. The van der Waals surface area contributed by atoms with Crippen LogP contribution < -0.4 is 21.1 Å². The maximum absolute atomic E-state index is 10.9. The van der Waals surface area contributed by atoms with Crippen LogP contribution in [0.2, 0.25) is 0 Å². The molecule has 0 bridgehead atoms. The van der Waals surface area contributed by atoms with Gasteiger partial charge in [0.05, 0.1) is 12.0 Å². The first-order valence-electron chi connectivity index (χ1n) is 6.25. The Hall–Kier alpha value is -2.87. The minimum Gasteiger partial charge on any atom is -0.497 e. The summed E-state index contributed by atoms with van der Waals surface area (Å²) in [7, 11) is 1.57. The minimum atomic E-state index is -0.543. The zero-order chi connectivity index (χ0) is 16.1. The van der Waals surface area contributed by atoms with Crippen LogP contribution in [0.25, 0.3) is 0 Å². The monoisotopic (exact) mass is 318 g/mol. The summed E-state index contributed by atoms with van der Waals surface area (Å²) in [6, 6.07) is 11.6. The van der Waals surface area contributed by atoms with Crippen molar-refractivity contribution in [1.29, 1.82) is 0 Å². The normalized spacial score (nSPS) is 9.86. The van der Waals surface area contributed by atoms with Crippen molar-refractivity contribution >= 4 is 40.1 Å². The third-order valence-electron chi connectivity index (χ3n) is 2.81. The van der Waals surface area contributed by atoms with Gasteiger partial charge in [0.1, 0.15) is 11.4 Å². The molecule has 8 heteroatoms. The number of anilines is 3. The van der Waals surface area contributed by atoms with E-state index in [9.17, 15) is 10.1 Å². The summed E-state index contributed by atoms with van der Waals surface area (Å²) in [6.07, 6.45) is 0. The molecule has 0 aromatic heterocycles. The van der Waals surface area contributed by atoms with Crippen LogP contribution in [0.15, 0.2) is 42.5 Å². The van der Waals surface area contributed by atoms with Crippen molar-refractivity contribution in [2.24, 2.45) is 0 Å².